The highest BCUT2D eigenvalue weighted by atomic mass is 32.2. The average Bonchev–Trinajstić information content (AvgIpc) is 2.26. The molecule has 3 N–H and O–H groups in total. The Hall–Kier alpha value is -1.34. The molecule has 0 amide bonds. The first-order valence-corrected chi connectivity index (χ1v) is 7.78. The minimum atomic E-state index is -3.84. The number of methoxy groups -OCH3 is 1. The Balaban J connectivity index is 3.17. The number of nitrogens with one attached hydrogen (secondary N) is 1. The summed E-state index contributed by atoms with van der Waals surface area (Å²) in [7, 11) is -2.57. The first-order chi connectivity index (χ1) is 9.13. The van der Waals surface area contributed by atoms with Crippen LogP contribution in [0.2, 0.25) is 0 Å². The summed E-state index contributed by atoms with van der Waals surface area (Å²) in [6, 6.07) is 2.09. The highest BCUT2D eigenvalue weighted by molar-refractivity contribution is 7.89. The summed E-state index contributed by atoms with van der Waals surface area (Å²) in [6.45, 7) is 5.51. The molecular weight excluding hydrogens is 283 g/mol. The summed E-state index contributed by atoms with van der Waals surface area (Å²) in [5.41, 5.74) is 4.93. The zero-order valence-corrected chi connectivity index (χ0v) is 13.0. The van der Waals surface area contributed by atoms with Gasteiger partial charge in [0.05, 0.1) is 17.7 Å². The number of hydrogen-bond donors (Lipinski definition) is 2. The number of nitrogens with two attached hydrogens (primary N) is 1. The van der Waals surface area contributed by atoms with Crippen LogP contribution in [0.4, 0.5) is 10.1 Å². The summed E-state index contributed by atoms with van der Waals surface area (Å²) in [4.78, 5) is -0.211. The lowest BCUT2D eigenvalue weighted by molar-refractivity contribution is 0.387. The molecule has 0 aliphatic heterocycles. The molecule has 1 aromatic carbocycles. The molecule has 20 heavy (non-hydrogen) atoms. The van der Waals surface area contributed by atoms with Crippen LogP contribution in [0, 0.1) is 5.82 Å². The monoisotopic (exact) mass is 304 g/mol. The number of halogens is 1. The first kappa shape index (κ1) is 16.7. The maximum absolute atomic E-state index is 13.7. The Morgan fingerprint density at radius 2 is 2.00 bits per heavy atom. The molecule has 0 heterocycles. The van der Waals surface area contributed by atoms with Crippen molar-refractivity contribution in [1.29, 1.82) is 0 Å². The van der Waals surface area contributed by atoms with Gasteiger partial charge in [-0.3, -0.25) is 0 Å². The van der Waals surface area contributed by atoms with Gasteiger partial charge in [0.2, 0.25) is 10.0 Å². The largest absolute Gasteiger partial charge is 0.492 e. The van der Waals surface area contributed by atoms with Crippen LogP contribution in [0.5, 0.6) is 5.75 Å². The van der Waals surface area contributed by atoms with Gasteiger partial charge in [-0.1, -0.05) is 13.3 Å². The maximum atomic E-state index is 13.7. The second-order valence-corrected chi connectivity index (χ2v) is 6.95. The van der Waals surface area contributed by atoms with Gasteiger partial charge in [-0.25, -0.2) is 17.5 Å². The molecular formula is C13H21FN2O3S. The van der Waals surface area contributed by atoms with Crippen molar-refractivity contribution < 1.29 is 17.5 Å². The van der Waals surface area contributed by atoms with Crippen molar-refractivity contribution in [3.8, 4) is 5.75 Å². The fourth-order valence-electron chi connectivity index (χ4n) is 2.06. The number of anilines is 1. The van der Waals surface area contributed by atoms with Crippen LogP contribution in [0.3, 0.4) is 0 Å². The SMILES string of the molecule is CCCC(C)(C)NS(=O)(=O)c1cc(N)c(OC)c(F)c1. The highest BCUT2D eigenvalue weighted by Gasteiger charge is 2.27. The molecule has 0 fully saturated rings. The number of sulfonamides is 1. The molecule has 0 radical (unpaired) electrons. The van der Waals surface area contributed by atoms with Crippen molar-refractivity contribution in [2.24, 2.45) is 0 Å². The maximum Gasteiger partial charge on any atom is 0.241 e. The van der Waals surface area contributed by atoms with E-state index in [0.29, 0.717) is 6.42 Å². The normalized spacial score (nSPS) is 12.4. The van der Waals surface area contributed by atoms with Crippen LogP contribution in [-0.4, -0.2) is 21.1 Å². The second kappa shape index (κ2) is 5.97. The summed E-state index contributed by atoms with van der Waals surface area (Å²) in [6.07, 6.45) is 1.50. The standard InChI is InChI=1S/C13H21FN2O3S/c1-5-6-13(2,3)16-20(17,18)9-7-10(14)12(19-4)11(15)8-9/h7-8,16H,5-6,15H2,1-4H3. The fourth-order valence-corrected chi connectivity index (χ4v) is 3.55. The van der Waals surface area contributed by atoms with Crippen molar-refractivity contribution >= 4 is 15.7 Å². The van der Waals surface area contributed by atoms with Gasteiger partial charge >= 0.3 is 0 Å². The molecule has 7 heteroatoms. The average molecular weight is 304 g/mol. The molecule has 114 valence electrons. The number of ether oxygens (including phenoxy) is 1. The van der Waals surface area contributed by atoms with Crippen molar-refractivity contribution in [1.82, 2.24) is 4.72 Å². The summed E-state index contributed by atoms with van der Waals surface area (Å²) >= 11 is 0. The first-order valence-electron chi connectivity index (χ1n) is 6.30. The number of hydrogen-bond acceptors (Lipinski definition) is 4. The fraction of sp³-hybridized carbons (Fsp3) is 0.538. The predicted molar refractivity (Wildman–Crippen MR) is 76.7 cm³/mol. The third-order valence-corrected chi connectivity index (χ3v) is 4.52. The highest BCUT2D eigenvalue weighted by Crippen LogP contribution is 2.29. The zero-order chi connectivity index (χ0) is 15.6. The van der Waals surface area contributed by atoms with E-state index >= 15 is 0 Å². The van der Waals surface area contributed by atoms with E-state index in [1.807, 2.05) is 6.92 Å². The number of nitrogen functional groups attached to an aromatic ring is 1. The van der Waals surface area contributed by atoms with Crippen LogP contribution >= 0.6 is 0 Å². The van der Waals surface area contributed by atoms with Crippen LogP contribution in [0.15, 0.2) is 17.0 Å². The van der Waals surface area contributed by atoms with E-state index in [1.54, 1.807) is 13.8 Å². The molecule has 0 saturated carbocycles. The number of benzene rings is 1. The Morgan fingerprint density at radius 1 is 1.40 bits per heavy atom. The van der Waals surface area contributed by atoms with Gasteiger partial charge in [-0.2, -0.15) is 0 Å². The molecule has 1 aromatic rings. The van der Waals surface area contributed by atoms with E-state index in [4.69, 9.17) is 10.5 Å². The van der Waals surface area contributed by atoms with Gasteiger partial charge in [0.1, 0.15) is 0 Å². The molecule has 1 rings (SSSR count). The Kier molecular flexibility index (Phi) is 4.99. The van der Waals surface area contributed by atoms with Crippen molar-refractivity contribution in [3.05, 3.63) is 17.9 Å². The Labute approximate surface area is 119 Å². The lowest BCUT2D eigenvalue weighted by atomic mass is 10.0. The van der Waals surface area contributed by atoms with E-state index < -0.39 is 21.4 Å². The summed E-state index contributed by atoms with van der Waals surface area (Å²) in [5.74, 6) is -0.960. The van der Waals surface area contributed by atoms with Crippen molar-refractivity contribution in [2.45, 2.75) is 44.0 Å². The molecule has 0 aliphatic carbocycles. The molecule has 0 aromatic heterocycles. The van der Waals surface area contributed by atoms with E-state index in [9.17, 15) is 12.8 Å². The lowest BCUT2D eigenvalue weighted by Gasteiger charge is -2.25. The quantitative estimate of drug-likeness (QED) is 0.790. The van der Waals surface area contributed by atoms with Crippen LogP contribution in [0.1, 0.15) is 33.6 Å². The van der Waals surface area contributed by atoms with E-state index in [1.165, 1.54) is 13.2 Å². The van der Waals surface area contributed by atoms with E-state index in [2.05, 4.69) is 4.72 Å². The minimum Gasteiger partial charge on any atom is -0.492 e. The van der Waals surface area contributed by atoms with Crippen molar-refractivity contribution in [2.75, 3.05) is 12.8 Å². The lowest BCUT2D eigenvalue weighted by Crippen LogP contribution is -2.43. The zero-order valence-electron chi connectivity index (χ0n) is 12.2. The predicted octanol–water partition coefficient (Wildman–Crippen LogP) is 2.27. The third kappa shape index (κ3) is 3.83. The van der Waals surface area contributed by atoms with Gasteiger partial charge in [0.25, 0.3) is 0 Å². The van der Waals surface area contributed by atoms with Crippen molar-refractivity contribution in [3.63, 3.8) is 0 Å². The molecule has 0 bridgehead atoms. The van der Waals surface area contributed by atoms with Gasteiger partial charge in [-0.05, 0) is 32.4 Å². The second-order valence-electron chi connectivity index (χ2n) is 5.27. The smallest absolute Gasteiger partial charge is 0.241 e. The summed E-state index contributed by atoms with van der Waals surface area (Å²) < 4.78 is 45.5. The van der Waals surface area contributed by atoms with Crippen LogP contribution in [0.25, 0.3) is 0 Å². The topological polar surface area (TPSA) is 81.4 Å². The van der Waals surface area contributed by atoms with E-state index in [-0.39, 0.29) is 16.3 Å². The molecule has 0 aliphatic rings. The number of rotatable bonds is 6. The molecule has 0 saturated heterocycles. The molecule has 5 nitrogen and oxygen atoms in total. The van der Waals surface area contributed by atoms with Crippen LogP contribution < -0.4 is 15.2 Å². The molecule has 0 spiro atoms. The minimum absolute atomic E-state index is 0.0545. The Bertz CT molecular complexity index is 562. The van der Waals surface area contributed by atoms with Crippen LogP contribution in [-0.2, 0) is 10.0 Å². The summed E-state index contributed by atoms with van der Waals surface area (Å²) in [5, 5.41) is 0. The van der Waals surface area contributed by atoms with Gasteiger partial charge in [-0.15, -0.1) is 0 Å². The van der Waals surface area contributed by atoms with Gasteiger partial charge in [0, 0.05) is 5.54 Å². The third-order valence-electron chi connectivity index (χ3n) is 2.85. The van der Waals surface area contributed by atoms with Gasteiger partial charge < -0.3 is 10.5 Å². The van der Waals surface area contributed by atoms with E-state index in [0.717, 1.165) is 12.5 Å². The van der Waals surface area contributed by atoms with Gasteiger partial charge in [0.15, 0.2) is 11.6 Å². The molecule has 0 unspecified atom stereocenters. The Morgan fingerprint density at radius 3 is 2.45 bits per heavy atom. The molecule has 0 atom stereocenters.